The van der Waals surface area contributed by atoms with Crippen molar-refractivity contribution in [3.63, 3.8) is 0 Å². The number of carbonyl (C=O) groups is 2. The molecule has 0 saturated carbocycles. The second kappa shape index (κ2) is 7.48. The highest BCUT2D eigenvalue weighted by atomic mass is 35.5. The van der Waals surface area contributed by atoms with Crippen LogP contribution in [0, 0.1) is 11.6 Å². The summed E-state index contributed by atoms with van der Waals surface area (Å²) in [6, 6.07) is 16.6. The maximum absolute atomic E-state index is 14.0. The van der Waals surface area contributed by atoms with E-state index in [1.54, 1.807) is 48.5 Å². The Kier molecular flexibility index (Phi) is 4.86. The number of ketones is 1. The zero-order chi connectivity index (χ0) is 20.5. The molecule has 0 aliphatic heterocycles. The minimum atomic E-state index is -1.26. The number of carbonyl (C=O) groups excluding carboxylic acids is 2. The molecule has 2 N–H and O–H groups in total. The smallest absolute Gasteiger partial charge is 0.258 e. The summed E-state index contributed by atoms with van der Waals surface area (Å²) in [5, 5.41) is 3.50. The standard InChI is InChI=1S/C22H13ClF2N2O2/c23-13-9-10-14-17(11-13)26-20(21(28)12-5-2-1-3-6-12)19(14)27-22(29)15-7-4-8-16(24)18(15)25/h1-11,26H,(H,27,29). The molecule has 1 amide bonds. The zero-order valence-corrected chi connectivity index (χ0v) is 15.6. The van der Waals surface area contributed by atoms with Crippen LogP contribution in [0.4, 0.5) is 14.5 Å². The van der Waals surface area contributed by atoms with Crippen LogP contribution in [0.3, 0.4) is 0 Å². The molecule has 1 aromatic heterocycles. The van der Waals surface area contributed by atoms with Crippen LogP contribution in [0.2, 0.25) is 5.02 Å². The van der Waals surface area contributed by atoms with E-state index in [0.717, 1.165) is 12.1 Å². The van der Waals surface area contributed by atoms with Crippen LogP contribution in [0.1, 0.15) is 26.4 Å². The Morgan fingerprint density at radius 2 is 1.69 bits per heavy atom. The van der Waals surface area contributed by atoms with Gasteiger partial charge in [-0.25, -0.2) is 8.78 Å². The van der Waals surface area contributed by atoms with E-state index in [-0.39, 0.29) is 17.2 Å². The summed E-state index contributed by atoms with van der Waals surface area (Å²) in [6.07, 6.45) is 0. The molecule has 7 heteroatoms. The number of hydrogen-bond donors (Lipinski definition) is 2. The third-order valence-corrected chi connectivity index (χ3v) is 4.69. The van der Waals surface area contributed by atoms with Crippen molar-refractivity contribution in [2.24, 2.45) is 0 Å². The molecule has 0 radical (unpaired) electrons. The SMILES string of the molecule is O=C(Nc1c(C(=O)c2ccccc2)[nH]c2cc(Cl)ccc12)c1cccc(F)c1F. The van der Waals surface area contributed by atoms with E-state index in [2.05, 4.69) is 10.3 Å². The Bertz CT molecular complexity index is 1250. The molecule has 0 fully saturated rings. The molecule has 4 rings (SSSR count). The molecule has 0 unspecified atom stereocenters. The van der Waals surface area contributed by atoms with Crippen molar-refractivity contribution >= 4 is 39.9 Å². The quantitative estimate of drug-likeness (QED) is 0.431. The molecule has 3 aromatic carbocycles. The number of hydrogen-bond acceptors (Lipinski definition) is 2. The summed E-state index contributed by atoms with van der Waals surface area (Å²) >= 11 is 6.03. The van der Waals surface area contributed by atoms with Crippen molar-refractivity contribution in [1.29, 1.82) is 0 Å². The Labute approximate surface area is 169 Å². The van der Waals surface area contributed by atoms with Crippen molar-refractivity contribution < 1.29 is 18.4 Å². The molecule has 4 nitrogen and oxygen atoms in total. The molecular formula is C22H13ClF2N2O2. The molecule has 144 valence electrons. The van der Waals surface area contributed by atoms with Crippen LogP contribution < -0.4 is 5.32 Å². The normalized spacial score (nSPS) is 10.9. The third-order valence-electron chi connectivity index (χ3n) is 4.46. The van der Waals surface area contributed by atoms with Crippen molar-refractivity contribution in [2.45, 2.75) is 0 Å². The fourth-order valence-electron chi connectivity index (χ4n) is 3.06. The highest BCUT2D eigenvalue weighted by Crippen LogP contribution is 2.32. The summed E-state index contributed by atoms with van der Waals surface area (Å²) in [6.45, 7) is 0. The van der Waals surface area contributed by atoms with Crippen LogP contribution in [-0.4, -0.2) is 16.7 Å². The van der Waals surface area contributed by atoms with Crippen LogP contribution in [0.5, 0.6) is 0 Å². The predicted octanol–water partition coefficient (Wildman–Crippen LogP) is 5.58. The number of amides is 1. The van der Waals surface area contributed by atoms with Crippen molar-refractivity contribution in [3.8, 4) is 0 Å². The van der Waals surface area contributed by atoms with E-state index in [9.17, 15) is 18.4 Å². The van der Waals surface area contributed by atoms with Crippen molar-refractivity contribution in [2.75, 3.05) is 5.32 Å². The van der Waals surface area contributed by atoms with Gasteiger partial charge in [0.25, 0.3) is 5.91 Å². The number of aromatic amines is 1. The van der Waals surface area contributed by atoms with Gasteiger partial charge in [-0.15, -0.1) is 0 Å². The molecule has 1 heterocycles. The van der Waals surface area contributed by atoms with E-state index in [4.69, 9.17) is 11.6 Å². The van der Waals surface area contributed by atoms with E-state index >= 15 is 0 Å². The molecular weight excluding hydrogens is 398 g/mol. The molecule has 0 spiro atoms. The lowest BCUT2D eigenvalue weighted by Crippen LogP contribution is -2.16. The minimum absolute atomic E-state index is 0.110. The molecule has 0 aliphatic rings. The van der Waals surface area contributed by atoms with E-state index in [0.29, 0.717) is 21.5 Å². The topological polar surface area (TPSA) is 62.0 Å². The fourth-order valence-corrected chi connectivity index (χ4v) is 3.24. The van der Waals surface area contributed by atoms with Gasteiger partial charge in [0.05, 0.1) is 11.3 Å². The third kappa shape index (κ3) is 3.50. The van der Waals surface area contributed by atoms with Gasteiger partial charge in [0, 0.05) is 21.5 Å². The lowest BCUT2D eigenvalue weighted by molar-refractivity contribution is 0.102. The predicted molar refractivity (Wildman–Crippen MR) is 107 cm³/mol. The first-order chi connectivity index (χ1) is 14.0. The van der Waals surface area contributed by atoms with Crippen molar-refractivity contribution in [3.05, 3.63) is 100 Å². The van der Waals surface area contributed by atoms with Crippen molar-refractivity contribution in [1.82, 2.24) is 4.98 Å². The van der Waals surface area contributed by atoms with Gasteiger partial charge in [-0.3, -0.25) is 9.59 Å². The Hall–Kier alpha value is -3.51. The van der Waals surface area contributed by atoms with E-state index in [1.165, 1.54) is 6.07 Å². The highest BCUT2D eigenvalue weighted by molar-refractivity contribution is 6.31. The Balaban J connectivity index is 1.83. The number of halogens is 3. The number of nitrogens with one attached hydrogen (secondary N) is 2. The molecule has 29 heavy (non-hydrogen) atoms. The first-order valence-electron chi connectivity index (χ1n) is 8.62. The lowest BCUT2D eigenvalue weighted by atomic mass is 10.1. The number of aromatic nitrogens is 1. The highest BCUT2D eigenvalue weighted by Gasteiger charge is 2.23. The number of rotatable bonds is 4. The van der Waals surface area contributed by atoms with Crippen LogP contribution in [0.15, 0.2) is 66.7 Å². The second-order valence-corrected chi connectivity index (χ2v) is 6.75. The largest absolute Gasteiger partial charge is 0.350 e. The molecule has 4 aromatic rings. The zero-order valence-electron chi connectivity index (χ0n) is 14.8. The molecule has 0 atom stereocenters. The number of fused-ring (bicyclic) bond motifs is 1. The van der Waals surface area contributed by atoms with Crippen LogP contribution in [-0.2, 0) is 0 Å². The van der Waals surface area contributed by atoms with Gasteiger partial charge in [-0.2, -0.15) is 0 Å². The van der Waals surface area contributed by atoms with Gasteiger partial charge in [0.2, 0.25) is 5.78 Å². The van der Waals surface area contributed by atoms with E-state index < -0.39 is 23.1 Å². The maximum Gasteiger partial charge on any atom is 0.258 e. The summed E-state index contributed by atoms with van der Waals surface area (Å²) in [5.41, 5.74) is 0.730. The van der Waals surface area contributed by atoms with Gasteiger partial charge in [0.1, 0.15) is 5.69 Å². The summed E-state index contributed by atoms with van der Waals surface area (Å²) in [4.78, 5) is 28.6. The molecule has 0 aliphatic carbocycles. The van der Waals surface area contributed by atoms with Gasteiger partial charge in [-0.1, -0.05) is 48.0 Å². The van der Waals surface area contributed by atoms with Crippen LogP contribution >= 0.6 is 11.6 Å². The summed E-state index contributed by atoms with van der Waals surface area (Å²) in [7, 11) is 0. The second-order valence-electron chi connectivity index (χ2n) is 6.32. The van der Waals surface area contributed by atoms with Gasteiger partial charge in [0.15, 0.2) is 11.6 Å². The fraction of sp³-hybridized carbons (Fsp3) is 0. The maximum atomic E-state index is 14.0. The average Bonchev–Trinajstić information content (AvgIpc) is 3.07. The monoisotopic (exact) mass is 410 g/mol. The molecule has 0 saturated heterocycles. The summed E-state index contributed by atoms with van der Waals surface area (Å²) in [5.74, 6) is -3.64. The number of H-pyrrole nitrogens is 1. The van der Waals surface area contributed by atoms with Gasteiger partial charge in [-0.05, 0) is 30.3 Å². The number of anilines is 1. The Morgan fingerprint density at radius 3 is 2.45 bits per heavy atom. The first kappa shape index (κ1) is 18.8. The van der Waals surface area contributed by atoms with E-state index in [1.807, 2.05) is 0 Å². The minimum Gasteiger partial charge on any atom is -0.350 e. The van der Waals surface area contributed by atoms with Gasteiger partial charge < -0.3 is 10.3 Å². The number of benzene rings is 3. The average molecular weight is 411 g/mol. The Morgan fingerprint density at radius 1 is 0.931 bits per heavy atom. The van der Waals surface area contributed by atoms with Crippen LogP contribution in [0.25, 0.3) is 10.9 Å². The lowest BCUT2D eigenvalue weighted by Gasteiger charge is -2.08. The molecule has 0 bridgehead atoms. The van der Waals surface area contributed by atoms with Gasteiger partial charge >= 0.3 is 0 Å². The summed E-state index contributed by atoms with van der Waals surface area (Å²) < 4.78 is 27.6. The first-order valence-corrected chi connectivity index (χ1v) is 9.00.